The van der Waals surface area contributed by atoms with Gasteiger partial charge in [-0.25, -0.2) is 9.37 Å². The molecule has 0 radical (unpaired) electrons. The summed E-state index contributed by atoms with van der Waals surface area (Å²) in [6.45, 7) is 1.91. The van der Waals surface area contributed by atoms with Crippen LogP contribution in [0, 0.1) is 5.82 Å². The minimum Gasteiger partial charge on any atom is -0.497 e. The largest absolute Gasteiger partial charge is 0.497 e. The summed E-state index contributed by atoms with van der Waals surface area (Å²) in [5, 5.41) is 4.43. The van der Waals surface area contributed by atoms with E-state index in [1.165, 1.54) is 21.9 Å². The monoisotopic (exact) mass is 457 g/mol. The van der Waals surface area contributed by atoms with E-state index in [1.54, 1.807) is 19.3 Å². The average Bonchev–Trinajstić information content (AvgIpc) is 3.38. The van der Waals surface area contributed by atoms with E-state index in [9.17, 15) is 9.18 Å². The van der Waals surface area contributed by atoms with Gasteiger partial charge in [-0.15, -0.1) is 5.10 Å². The lowest BCUT2D eigenvalue weighted by molar-refractivity contribution is 0.414. The molecule has 5 rings (SSSR count). The van der Waals surface area contributed by atoms with Crippen molar-refractivity contribution in [3.05, 3.63) is 110 Å². The molecule has 1 unspecified atom stereocenters. The normalized spacial score (nSPS) is 12.9. The second-order valence-corrected chi connectivity index (χ2v) is 8.69. The molecule has 0 saturated heterocycles. The van der Waals surface area contributed by atoms with E-state index in [1.807, 2.05) is 67.6 Å². The molecule has 0 fully saturated rings. The van der Waals surface area contributed by atoms with Crippen LogP contribution < -0.4 is 14.8 Å². The number of halogens is 1. The third-order valence-electron chi connectivity index (χ3n) is 5.56. The van der Waals surface area contributed by atoms with E-state index >= 15 is 0 Å². The first-order valence-corrected chi connectivity index (χ1v) is 11.3. The fourth-order valence-corrected chi connectivity index (χ4v) is 4.63. The number of hydrogen-bond donors (Lipinski definition) is 0. The van der Waals surface area contributed by atoms with Crippen LogP contribution in [0.4, 0.5) is 4.39 Å². The van der Waals surface area contributed by atoms with Crippen molar-refractivity contribution in [2.75, 3.05) is 7.11 Å². The van der Waals surface area contributed by atoms with Crippen LogP contribution in [0.25, 0.3) is 22.2 Å². The molecule has 2 aromatic heterocycles. The molecule has 3 aromatic carbocycles. The molecule has 33 heavy (non-hydrogen) atoms. The summed E-state index contributed by atoms with van der Waals surface area (Å²) in [7, 11) is 1.60. The molecule has 0 aliphatic heterocycles. The predicted octanol–water partition coefficient (Wildman–Crippen LogP) is 4.67. The fourth-order valence-electron chi connectivity index (χ4n) is 3.72. The molecule has 0 bridgehead atoms. The Morgan fingerprint density at radius 3 is 2.61 bits per heavy atom. The molecule has 0 aliphatic rings. The number of aromatic nitrogens is 3. The van der Waals surface area contributed by atoms with Crippen molar-refractivity contribution in [3.63, 3.8) is 0 Å². The third kappa shape index (κ3) is 4.03. The lowest BCUT2D eigenvalue weighted by Gasteiger charge is -2.10. The van der Waals surface area contributed by atoms with Crippen LogP contribution in [-0.4, -0.2) is 21.7 Å². The fraction of sp³-hybridized carbons (Fsp3) is 0.115. The first kappa shape index (κ1) is 21.0. The second kappa shape index (κ2) is 8.60. The number of hydrogen-bond acceptors (Lipinski definition) is 5. The van der Waals surface area contributed by atoms with E-state index < -0.39 is 0 Å². The summed E-state index contributed by atoms with van der Waals surface area (Å²) in [6.07, 6.45) is 1.80. The van der Waals surface area contributed by atoms with Crippen LogP contribution in [-0.2, 0) is 0 Å². The summed E-state index contributed by atoms with van der Waals surface area (Å²) in [5.41, 5.74) is 2.75. The number of fused-ring (bicyclic) bond motifs is 1. The molecule has 2 heterocycles. The number of methoxy groups -OCH3 is 1. The Balaban J connectivity index is 1.47. The molecule has 0 aliphatic carbocycles. The van der Waals surface area contributed by atoms with Crippen molar-refractivity contribution in [3.8, 4) is 16.9 Å². The molecular formula is C26H20FN3O2S. The van der Waals surface area contributed by atoms with Gasteiger partial charge in [0.25, 0.3) is 5.56 Å². The topological polar surface area (TPSA) is 56.5 Å². The molecule has 0 saturated carbocycles. The van der Waals surface area contributed by atoms with Crippen LogP contribution in [0.15, 0.2) is 77.6 Å². The number of rotatable bonds is 5. The summed E-state index contributed by atoms with van der Waals surface area (Å²) in [6, 6.07) is 22.1. The number of thiazole rings is 1. The molecule has 164 valence electrons. The first-order chi connectivity index (χ1) is 16.0. The van der Waals surface area contributed by atoms with Gasteiger partial charge in [-0.1, -0.05) is 72.9 Å². The van der Waals surface area contributed by atoms with Gasteiger partial charge in [0.15, 0.2) is 5.82 Å². The van der Waals surface area contributed by atoms with Gasteiger partial charge < -0.3 is 4.74 Å². The van der Waals surface area contributed by atoms with Crippen LogP contribution in [0.2, 0.25) is 0 Å². The lowest BCUT2D eigenvalue weighted by atomic mass is 9.96. The molecule has 7 heteroatoms. The zero-order valence-electron chi connectivity index (χ0n) is 18.0. The second-order valence-electron chi connectivity index (χ2n) is 7.68. The van der Waals surface area contributed by atoms with Crippen molar-refractivity contribution in [2.45, 2.75) is 12.8 Å². The van der Waals surface area contributed by atoms with E-state index in [2.05, 4.69) is 10.1 Å². The van der Waals surface area contributed by atoms with Crippen molar-refractivity contribution < 1.29 is 9.13 Å². The molecule has 0 spiro atoms. The highest BCUT2D eigenvalue weighted by Gasteiger charge is 2.19. The van der Waals surface area contributed by atoms with Crippen LogP contribution >= 0.6 is 11.3 Å². The lowest BCUT2D eigenvalue weighted by Crippen LogP contribution is -2.24. The SMILES string of the molecule is COc1cccc(/C=c2\sc3nc(C(C)c4ccc(-c5ccccc5)c(F)c4)nn3c2=O)c1. The summed E-state index contributed by atoms with van der Waals surface area (Å²) in [5.74, 6) is 0.642. The van der Waals surface area contributed by atoms with Gasteiger partial charge >= 0.3 is 0 Å². The molecule has 5 aromatic rings. The van der Waals surface area contributed by atoms with Gasteiger partial charge in [-0.05, 0) is 41.0 Å². The van der Waals surface area contributed by atoms with E-state index in [-0.39, 0.29) is 17.3 Å². The van der Waals surface area contributed by atoms with Crippen LogP contribution in [0.5, 0.6) is 5.75 Å². The highest BCUT2D eigenvalue weighted by atomic mass is 32.1. The first-order valence-electron chi connectivity index (χ1n) is 10.4. The van der Waals surface area contributed by atoms with E-state index in [4.69, 9.17) is 4.74 Å². The van der Waals surface area contributed by atoms with Gasteiger partial charge in [-0.2, -0.15) is 4.52 Å². The quantitative estimate of drug-likeness (QED) is 0.385. The zero-order valence-corrected chi connectivity index (χ0v) is 18.8. The van der Waals surface area contributed by atoms with Gasteiger partial charge in [0.05, 0.1) is 11.6 Å². The Kier molecular flexibility index (Phi) is 5.48. The van der Waals surface area contributed by atoms with Gasteiger partial charge in [-0.3, -0.25) is 4.79 Å². The maximum Gasteiger partial charge on any atom is 0.291 e. The van der Waals surface area contributed by atoms with Crippen LogP contribution in [0.1, 0.15) is 29.8 Å². The Morgan fingerprint density at radius 2 is 1.88 bits per heavy atom. The van der Waals surface area contributed by atoms with E-state index in [0.29, 0.717) is 20.9 Å². The third-order valence-corrected chi connectivity index (χ3v) is 6.51. The van der Waals surface area contributed by atoms with Crippen molar-refractivity contribution in [1.82, 2.24) is 14.6 Å². The van der Waals surface area contributed by atoms with Gasteiger partial charge in [0, 0.05) is 11.5 Å². The van der Waals surface area contributed by atoms with E-state index in [0.717, 1.165) is 22.4 Å². The zero-order chi connectivity index (χ0) is 22.9. The standard InChI is InChI=1S/C26H20FN3O2S/c1-16(19-11-12-21(22(27)15-19)18-8-4-3-5-9-18)24-28-26-30(29-24)25(31)23(33-26)14-17-7-6-10-20(13-17)32-2/h3-16H,1-2H3/b23-14-. The smallest absolute Gasteiger partial charge is 0.291 e. The minimum atomic E-state index is -0.300. The molecular weight excluding hydrogens is 437 g/mol. The maximum atomic E-state index is 14.8. The van der Waals surface area contributed by atoms with Crippen LogP contribution in [0.3, 0.4) is 0 Å². The predicted molar refractivity (Wildman–Crippen MR) is 128 cm³/mol. The average molecular weight is 458 g/mol. The summed E-state index contributed by atoms with van der Waals surface area (Å²) >= 11 is 1.27. The number of ether oxygens (including phenoxy) is 1. The number of nitrogens with zero attached hydrogens (tertiary/aromatic N) is 3. The van der Waals surface area contributed by atoms with Crippen molar-refractivity contribution in [2.24, 2.45) is 0 Å². The highest BCUT2D eigenvalue weighted by molar-refractivity contribution is 7.15. The summed E-state index contributed by atoms with van der Waals surface area (Å²) < 4.78 is 21.9. The Morgan fingerprint density at radius 1 is 1.06 bits per heavy atom. The Bertz CT molecular complexity index is 1560. The molecule has 5 nitrogen and oxygen atoms in total. The molecule has 0 amide bonds. The summed E-state index contributed by atoms with van der Waals surface area (Å²) in [4.78, 5) is 17.9. The van der Waals surface area contributed by atoms with Crippen molar-refractivity contribution in [1.29, 1.82) is 0 Å². The molecule has 0 N–H and O–H groups in total. The Labute approximate surface area is 193 Å². The molecule has 1 atom stereocenters. The van der Waals surface area contributed by atoms with Gasteiger partial charge in [0.2, 0.25) is 4.96 Å². The minimum absolute atomic E-state index is 0.227. The highest BCUT2D eigenvalue weighted by Crippen LogP contribution is 2.28. The van der Waals surface area contributed by atoms with Crippen molar-refractivity contribution >= 4 is 22.4 Å². The maximum absolute atomic E-state index is 14.8. The Hall–Kier alpha value is -3.84. The van der Waals surface area contributed by atoms with Gasteiger partial charge in [0.1, 0.15) is 11.6 Å². The number of benzene rings is 3.